The molecular weight excluding hydrogens is 210 g/mol. The number of carbonyl (C=O) groups is 1. The van der Waals surface area contributed by atoms with Crippen molar-refractivity contribution in [3.8, 4) is 0 Å². The van der Waals surface area contributed by atoms with Gasteiger partial charge in [0.1, 0.15) is 12.6 Å². The predicted octanol–water partition coefficient (Wildman–Crippen LogP) is 1.05. The molecule has 0 saturated heterocycles. The van der Waals surface area contributed by atoms with Crippen molar-refractivity contribution < 1.29 is 18.6 Å². The number of quaternary nitrogens is 1. The van der Waals surface area contributed by atoms with Crippen molar-refractivity contribution >= 4 is 28.7 Å². The molecule has 0 radical (unpaired) electrons. The van der Waals surface area contributed by atoms with Crippen LogP contribution in [0.5, 0.6) is 0 Å². The molecule has 1 N–H and O–H groups in total. The quantitative estimate of drug-likeness (QED) is 0.307. The molecule has 0 aliphatic rings. The van der Waals surface area contributed by atoms with Crippen molar-refractivity contribution in [2.24, 2.45) is 0 Å². The normalized spacial score (nSPS) is 14.2. The van der Waals surface area contributed by atoms with Gasteiger partial charge in [0.05, 0.1) is 38.6 Å². The van der Waals surface area contributed by atoms with Crippen LogP contribution in [0.3, 0.4) is 0 Å². The Hall–Kier alpha value is 0.0900. The smallest absolute Gasteiger partial charge is 0.306 e. The number of likely N-dealkylation sites (N-methyl/N-ethyl adjacent to an activating group) is 1. The molecule has 0 aromatic carbocycles. The van der Waals surface area contributed by atoms with E-state index in [4.69, 9.17) is 9.29 Å². The van der Waals surface area contributed by atoms with Gasteiger partial charge in [0.15, 0.2) is 0 Å². The highest BCUT2D eigenvalue weighted by molar-refractivity contribution is 8.66. The van der Waals surface area contributed by atoms with Crippen molar-refractivity contribution in [1.29, 1.82) is 0 Å². The highest BCUT2D eigenvalue weighted by Crippen LogP contribution is 2.15. The van der Waals surface area contributed by atoms with E-state index in [1.807, 2.05) is 21.1 Å². The zero-order valence-corrected chi connectivity index (χ0v) is 9.77. The average molecular weight is 226 g/mol. The van der Waals surface area contributed by atoms with E-state index in [-0.39, 0.29) is 12.5 Å². The van der Waals surface area contributed by atoms with E-state index < -0.39 is 5.97 Å². The minimum absolute atomic E-state index is 0.0169. The maximum atomic E-state index is 10.4. The highest BCUT2D eigenvalue weighted by atomic mass is 33.1. The van der Waals surface area contributed by atoms with Crippen LogP contribution >= 0.6 is 22.7 Å². The van der Waals surface area contributed by atoms with Gasteiger partial charge in [-0.15, -0.1) is 0 Å². The summed E-state index contributed by atoms with van der Waals surface area (Å²) in [7, 11) is 5.96. The number of rotatable bonds is 6. The van der Waals surface area contributed by atoms with E-state index in [1.54, 1.807) is 0 Å². The molecule has 0 aliphatic heterocycles. The summed E-state index contributed by atoms with van der Waals surface area (Å²) in [6, 6.07) is 0. The number of aliphatic carboxylic acids is 1. The third kappa shape index (κ3) is 8.42. The lowest BCUT2D eigenvalue weighted by Crippen LogP contribution is -2.42. The fourth-order valence-electron chi connectivity index (χ4n) is 0.996. The van der Waals surface area contributed by atoms with Crippen LogP contribution in [0, 0.1) is 0 Å². The number of hydrogen-bond acceptors (Lipinski definition) is 4. The third-order valence-corrected chi connectivity index (χ3v) is 1.95. The summed E-state index contributed by atoms with van der Waals surface area (Å²) < 4.78 is 5.79. The number of thiol groups is 1. The number of nitrogens with zero attached hydrogens (tertiary/aromatic N) is 1. The van der Waals surface area contributed by atoms with Crippen molar-refractivity contribution in [1.82, 2.24) is 0 Å². The van der Waals surface area contributed by atoms with Crippen LogP contribution in [0.1, 0.15) is 6.42 Å². The number of carboxylic acids is 1. The molecule has 0 heterocycles. The largest absolute Gasteiger partial charge is 0.481 e. The first kappa shape index (κ1) is 13.1. The van der Waals surface area contributed by atoms with E-state index in [9.17, 15) is 4.79 Å². The van der Waals surface area contributed by atoms with Crippen LogP contribution in [0.15, 0.2) is 0 Å². The lowest BCUT2D eigenvalue weighted by atomic mass is 10.2. The first-order chi connectivity index (χ1) is 5.85. The molecule has 0 spiro atoms. The van der Waals surface area contributed by atoms with Gasteiger partial charge in [0, 0.05) is 0 Å². The molecule has 1 atom stereocenters. The summed E-state index contributed by atoms with van der Waals surface area (Å²) in [6.07, 6.45) is -0.275. The van der Waals surface area contributed by atoms with Gasteiger partial charge >= 0.3 is 5.97 Å². The third-order valence-electron chi connectivity index (χ3n) is 1.33. The first-order valence-electron chi connectivity index (χ1n) is 3.84. The Bertz CT molecular complexity index is 170. The lowest BCUT2D eigenvalue weighted by molar-refractivity contribution is -0.873. The Morgan fingerprint density at radius 3 is 2.46 bits per heavy atom. The Labute approximate surface area is 87.9 Å². The molecule has 0 saturated carbocycles. The lowest BCUT2D eigenvalue weighted by Gasteiger charge is -2.27. The van der Waals surface area contributed by atoms with Gasteiger partial charge < -0.3 is 9.59 Å². The molecule has 78 valence electrons. The number of hydrogen-bond donors (Lipinski definition) is 2. The fraction of sp³-hybridized carbons (Fsp3) is 0.857. The molecule has 0 bridgehead atoms. The maximum Gasteiger partial charge on any atom is 0.306 e. The van der Waals surface area contributed by atoms with Crippen LogP contribution in [-0.2, 0) is 8.98 Å². The summed E-state index contributed by atoms with van der Waals surface area (Å²) in [5.74, 6) is -0.846. The summed E-state index contributed by atoms with van der Waals surface area (Å²) in [5.41, 5.74) is 0. The SMILES string of the molecule is C[N+](C)(C)CC(CC(=O)O)OSS. The van der Waals surface area contributed by atoms with Crippen LogP contribution in [0.2, 0.25) is 0 Å². The molecule has 0 aliphatic carbocycles. The van der Waals surface area contributed by atoms with E-state index in [2.05, 4.69) is 11.7 Å². The summed E-state index contributed by atoms with van der Waals surface area (Å²) in [6.45, 7) is 0.653. The zero-order chi connectivity index (χ0) is 10.5. The van der Waals surface area contributed by atoms with Crippen molar-refractivity contribution in [2.75, 3.05) is 27.7 Å². The molecule has 0 aromatic rings. The van der Waals surface area contributed by atoms with Crippen LogP contribution < -0.4 is 0 Å². The molecule has 4 nitrogen and oxygen atoms in total. The Morgan fingerprint density at radius 2 is 2.15 bits per heavy atom. The second kappa shape index (κ2) is 5.74. The molecule has 0 fully saturated rings. The van der Waals surface area contributed by atoms with Gasteiger partial charge in [-0.1, -0.05) is 11.7 Å². The minimum Gasteiger partial charge on any atom is -0.481 e. The monoisotopic (exact) mass is 226 g/mol. The molecule has 0 aromatic heterocycles. The second-order valence-corrected chi connectivity index (χ2v) is 4.65. The molecule has 0 rings (SSSR count). The zero-order valence-electron chi connectivity index (χ0n) is 8.06. The predicted molar refractivity (Wildman–Crippen MR) is 56.6 cm³/mol. The van der Waals surface area contributed by atoms with Gasteiger partial charge in [-0.05, 0) is 0 Å². The number of carboxylic acid groups (broad SMARTS) is 1. The summed E-state index contributed by atoms with van der Waals surface area (Å²) >= 11 is 4.74. The minimum atomic E-state index is -0.846. The second-order valence-electron chi connectivity index (χ2n) is 3.86. The van der Waals surface area contributed by atoms with Crippen LogP contribution in [0.25, 0.3) is 0 Å². The van der Waals surface area contributed by atoms with Gasteiger partial charge in [0.2, 0.25) is 0 Å². The van der Waals surface area contributed by atoms with E-state index in [1.165, 1.54) is 0 Å². The highest BCUT2D eigenvalue weighted by Gasteiger charge is 2.21. The van der Waals surface area contributed by atoms with Crippen LogP contribution in [-0.4, -0.2) is 49.4 Å². The van der Waals surface area contributed by atoms with Gasteiger partial charge in [-0.25, -0.2) is 0 Å². The Kier molecular flexibility index (Phi) is 5.78. The van der Waals surface area contributed by atoms with Gasteiger partial charge in [-0.3, -0.25) is 8.98 Å². The van der Waals surface area contributed by atoms with E-state index in [0.29, 0.717) is 11.0 Å². The fourth-order valence-corrected chi connectivity index (χ4v) is 1.61. The van der Waals surface area contributed by atoms with E-state index in [0.717, 1.165) is 11.1 Å². The maximum absolute atomic E-state index is 10.4. The molecular formula is C7H16NO3S2+. The average Bonchev–Trinajstić information content (AvgIpc) is 1.81. The summed E-state index contributed by atoms with van der Waals surface area (Å²) in [5, 5.41) is 8.59. The van der Waals surface area contributed by atoms with Crippen molar-refractivity contribution in [2.45, 2.75) is 12.5 Å². The van der Waals surface area contributed by atoms with Gasteiger partial charge in [-0.2, -0.15) is 0 Å². The molecule has 13 heavy (non-hydrogen) atoms. The van der Waals surface area contributed by atoms with E-state index >= 15 is 0 Å². The molecule has 0 amide bonds. The Morgan fingerprint density at radius 1 is 1.62 bits per heavy atom. The van der Waals surface area contributed by atoms with Crippen molar-refractivity contribution in [3.05, 3.63) is 0 Å². The molecule has 6 heteroatoms. The topological polar surface area (TPSA) is 46.5 Å². The standard InChI is InChI=1S/C7H15NO3S2/c1-8(2,3)5-6(11-13-12)4-7(9)10/h6H,4-5H2,1-3H3,(H-,9,10,12)/p+1. The van der Waals surface area contributed by atoms with Crippen LogP contribution in [0.4, 0.5) is 0 Å². The summed E-state index contributed by atoms with van der Waals surface area (Å²) in [4.78, 5) is 10.4. The van der Waals surface area contributed by atoms with Gasteiger partial charge in [0.25, 0.3) is 0 Å². The van der Waals surface area contributed by atoms with Crippen molar-refractivity contribution in [3.63, 3.8) is 0 Å². The first-order valence-corrected chi connectivity index (χ1v) is 5.63. The Balaban J connectivity index is 4.01. The molecule has 1 unspecified atom stereocenters.